The molecule has 0 amide bonds. The maximum absolute atomic E-state index is 13.1. The molecule has 23 heavy (non-hydrogen) atoms. The van der Waals surface area contributed by atoms with Crippen LogP contribution in [-0.4, -0.2) is 29.0 Å². The van der Waals surface area contributed by atoms with Crippen LogP contribution in [0, 0.1) is 6.92 Å². The van der Waals surface area contributed by atoms with Crippen molar-refractivity contribution in [3.8, 4) is 5.69 Å². The maximum atomic E-state index is 13.1. The van der Waals surface area contributed by atoms with Gasteiger partial charge in [-0.15, -0.1) is 0 Å². The quantitative estimate of drug-likeness (QED) is 0.829. The second-order valence-corrected chi connectivity index (χ2v) is 4.81. The molecular weight excluding hydrogens is 313 g/mol. The van der Waals surface area contributed by atoms with E-state index in [1.807, 2.05) is 6.92 Å². The van der Waals surface area contributed by atoms with Gasteiger partial charge in [0.1, 0.15) is 0 Å². The molecular formula is C15H13F3N2O3. The molecule has 0 spiro atoms. The van der Waals surface area contributed by atoms with E-state index in [4.69, 9.17) is 0 Å². The van der Waals surface area contributed by atoms with Gasteiger partial charge in [0.2, 0.25) is 0 Å². The first kappa shape index (κ1) is 16.6. The Labute approximate surface area is 128 Å². The highest BCUT2D eigenvalue weighted by Gasteiger charge is 2.41. The summed E-state index contributed by atoms with van der Waals surface area (Å²) < 4.78 is 44.5. The van der Waals surface area contributed by atoms with Crippen molar-refractivity contribution < 1.29 is 22.7 Å². The summed E-state index contributed by atoms with van der Waals surface area (Å²) in [4.78, 5) is 23.8. The van der Waals surface area contributed by atoms with Gasteiger partial charge >= 0.3 is 12.1 Å². The third-order valence-electron chi connectivity index (χ3n) is 3.18. The fraction of sp³-hybridized carbons (Fsp3) is 0.200. The topological polar surface area (TPSA) is 64.1 Å². The number of aromatic amines is 1. The molecule has 122 valence electrons. The van der Waals surface area contributed by atoms with Crippen molar-refractivity contribution in [3.05, 3.63) is 50.8 Å². The molecule has 1 aromatic carbocycles. The van der Waals surface area contributed by atoms with Crippen LogP contribution in [0.2, 0.25) is 0 Å². The Kier molecular flexibility index (Phi) is 4.18. The molecule has 0 aliphatic carbocycles. The molecule has 1 aromatic heterocycles. The lowest BCUT2D eigenvalue weighted by molar-refractivity contribution is -0.140. The van der Waals surface area contributed by atoms with E-state index in [9.17, 15) is 22.8 Å². The van der Waals surface area contributed by atoms with Crippen molar-refractivity contribution in [2.45, 2.75) is 13.1 Å². The SMILES string of the molecule is C=c1[nH]n(-c2ccc(C)cc2)c(=O)c1=C(C(=O)OC)C(F)(F)F. The number of rotatable bonds is 2. The molecule has 0 atom stereocenters. The van der Waals surface area contributed by atoms with E-state index in [1.54, 1.807) is 24.3 Å². The van der Waals surface area contributed by atoms with E-state index in [0.29, 0.717) is 5.69 Å². The molecule has 0 saturated heterocycles. The molecule has 5 nitrogen and oxygen atoms in total. The normalized spacial score (nSPS) is 12.9. The van der Waals surface area contributed by atoms with Crippen LogP contribution in [0.1, 0.15) is 5.56 Å². The van der Waals surface area contributed by atoms with Gasteiger partial charge in [-0.1, -0.05) is 24.3 Å². The summed E-state index contributed by atoms with van der Waals surface area (Å²) in [6, 6.07) is 6.50. The van der Waals surface area contributed by atoms with Gasteiger partial charge in [-0.05, 0) is 19.1 Å². The number of carbonyl (C=O) groups excluding carboxylic acids is 1. The Bertz CT molecular complexity index is 905. The summed E-state index contributed by atoms with van der Waals surface area (Å²) in [7, 11) is 0.808. The number of benzene rings is 1. The van der Waals surface area contributed by atoms with Crippen molar-refractivity contribution in [3.63, 3.8) is 0 Å². The van der Waals surface area contributed by atoms with Crippen LogP contribution in [0.4, 0.5) is 13.2 Å². The molecule has 0 unspecified atom stereocenters. The number of hydrogen-bond donors (Lipinski definition) is 1. The first-order valence-electron chi connectivity index (χ1n) is 6.43. The highest BCUT2D eigenvalue weighted by molar-refractivity contribution is 6.11. The van der Waals surface area contributed by atoms with Crippen LogP contribution < -0.4 is 16.1 Å². The molecule has 0 aliphatic rings. The van der Waals surface area contributed by atoms with Crippen molar-refractivity contribution in [2.24, 2.45) is 0 Å². The second kappa shape index (κ2) is 5.79. The van der Waals surface area contributed by atoms with Crippen molar-refractivity contribution in [2.75, 3.05) is 7.11 Å². The minimum absolute atomic E-state index is 0.322. The number of nitrogens with zero attached hydrogens (tertiary/aromatic N) is 1. The number of nitrogens with one attached hydrogen (secondary N) is 1. The molecule has 0 aliphatic heterocycles. The molecule has 0 radical (unpaired) electrons. The van der Waals surface area contributed by atoms with Gasteiger partial charge in [0.25, 0.3) is 5.56 Å². The number of aromatic nitrogens is 2. The van der Waals surface area contributed by atoms with Crippen LogP contribution in [0.25, 0.3) is 17.8 Å². The van der Waals surface area contributed by atoms with Crippen LogP contribution in [-0.2, 0) is 9.53 Å². The zero-order chi connectivity index (χ0) is 17.4. The third kappa shape index (κ3) is 3.05. The predicted molar refractivity (Wildman–Crippen MR) is 77.4 cm³/mol. The van der Waals surface area contributed by atoms with Gasteiger partial charge in [0.05, 0.1) is 23.4 Å². The summed E-state index contributed by atoms with van der Waals surface area (Å²) in [6.45, 7) is 5.22. The van der Waals surface area contributed by atoms with E-state index >= 15 is 0 Å². The lowest BCUT2D eigenvalue weighted by atomic mass is 10.2. The van der Waals surface area contributed by atoms with Crippen LogP contribution in [0.3, 0.4) is 0 Å². The first-order valence-corrected chi connectivity index (χ1v) is 6.43. The first-order chi connectivity index (χ1) is 10.7. The highest BCUT2D eigenvalue weighted by Crippen LogP contribution is 2.26. The zero-order valence-electron chi connectivity index (χ0n) is 12.3. The number of esters is 1. The number of methoxy groups -OCH3 is 1. The predicted octanol–water partition coefficient (Wildman–Crippen LogP) is 0.770. The number of alkyl halides is 3. The van der Waals surface area contributed by atoms with Crippen LogP contribution in [0.15, 0.2) is 29.1 Å². The number of hydrogen-bond acceptors (Lipinski definition) is 3. The lowest BCUT2D eigenvalue weighted by Gasteiger charge is -2.07. The number of ether oxygens (including phenoxy) is 1. The van der Waals surface area contributed by atoms with Crippen LogP contribution in [0.5, 0.6) is 0 Å². The average molecular weight is 326 g/mol. The molecule has 1 heterocycles. The van der Waals surface area contributed by atoms with E-state index in [-0.39, 0.29) is 5.35 Å². The number of carbonyl (C=O) groups is 1. The second-order valence-electron chi connectivity index (χ2n) is 4.81. The molecule has 0 bridgehead atoms. The van der Waals surface area contributed by atoms with Crippen molar-refractivity contribution in [1.29, 1.82) is 0 Å². The maximum Gasteiger partial charge on any atom is 0.424 e. The lowest BCUT2D eigenvalue weighted by Crippen LogP contribution is -2.42. The highest BCUT2D eigenvalue weighted by atomic mass is 19.4. The minimum atomic E-state index is -5.05. The number of aryl methyl sites for hydroxylation is 1. The Morgan fingerprint density at radius 3 is 2.30 bits per heavy atom. The van der Waals surface area contributed by atoms with E-state index in [2.05, 4.69) is 16.4 Å². The molecule has 0 fully saturated rings. The Hall–Kier alpha value is -2.77. The minimum Gasteiger partial charge on any atom is -0.465 e. The third-order valence-corrected chi connectivity index (χ3v) is 3.18. The summed E-state index contributed by atoms with van der Waals surface area (Å²) in [5.41, 5.74) is -1.47. The summed E-state index contributed by atoms with van der Waals surface area (Å²) in [6.07, 6.45) is -5.05. The summed E-state index contributed by atoms with van der Waals surface area (Å²) in [5, 5.41) is 1.26. The van der Waals surface area contributed by atoms with Crippen molar-refractivity contribution >= 4 is 18.1 Å². The number of H-pyrrole nitrogens is 1. The van der Waals surface area contributed by atoms with Gasteiger partial charge in [0.15, 0.2) is 5.57 Å². The van der Waals surface area contributed by atoms with E-state index in [0.717, 1.165) is 17.4 Å². The largest absolute Gasteiger partial charge is 0.465 e. The molecule has 1 N–H and O–H groups in total. The molecule has 8 heteroatoms. The Morgan fingerprint density at radius 2 is 1.83 bits per heavy atom. The Morgan fingerprint density at radius 1 is 1.26 bits per heavy atom. The van der Waals surface area contributed by atoms with Crippen LogP contribution >= 0.6 is 0 Å². The number of halogens is 3. The summed E-state index contributed by atoms with van der Waals surface area (Å²) in [5.74, 6) is -1.64. The average Bonchev–Trinajstić information content (AvgIpc) is 2.75. The van der Waals surface area contributed by atoms with Gasteiger partial charge in [-0.2, -0.15) is 13.2 Å². The smallest absolute Gasteiger partial charge is 0.424 e. The van der Waals surface area contributed by atoms with Gasteiger partial charge in [-0.25, -0.2) is 9.48 Å². The molecule has 0 saturated carbocycles. The molecule has 2 rings (SSSR count). The van der Waals surface area contributed by atoms with E-state index < -0.39 is 28.5 Å². The Balaban J connectivity index is 2.87. The monoisotopic (exact) mass is 326 g/mol. The fourth-order valence-corrected chi connectivity index (χ4v) is 2.08. The molecule has 2 aromatic rings. The van der Waals surface area contributed by atoms with Gasteiger partial charge in [0, 0.05) is 0 Å². The summed E-state index contributed by atoms with van der Waals surface area (Å²) >= 11 is 0. The fourth-order valence-electron chi connectivity index (χ4n) is 2.08. The standard InChI is InChI=1S/C15H13F3N2O3/c1-8-4-6-10(7-5-8)20-13(21)11(9(2)19-20)12(14(22)23-3)15(16,17)18/h4-7,19H,2H2,1,3H3. The van der Waals surface area contributed by atoms with E-state index in [1.165, 1.54) is 0 Å². The van der Waals surface area contributed by atoms with Gasteiger partial charge in [-0.3, -0.25) is 9.89 Å². The van der Waals surface area contributed by atoms with Crippen molar-refractivity contribution in [1.82, 2.24) is 9.78 Å². The van der Waals surface area contributed by atoms with Gasteiger partial charge < -0.3 is 4.74 Å². The zero-order valence-corrected chi connectivity index (χ0v) is 12.3.